The molecular formula is C40H50N6O9. The van der Waals surface area contributed by atoms with Gasteiger partial charge in [0.2, 0.25) is 35.4 Å². The van der Waals surface area contributed by atoms with Crippen molar-refractivity contribution in [3.05, 3.63) is 70.8 Å². The molecule has 0 radical (unpaired) electrons. The number of ether oxygens (including phenoxy) is 2. The second-order valence-corrected chi connectivity index (χ2v) is 15.1. The fourth-order valence-electron chi connectivity index (χ4n) is 8.01. The number of likely N-dealkylation sites (N-methyl/N-ethyl adjacent to an activating group) is 3. The van der Waals surface area contributed by atoms with Crippen LogP contribution in [0.25, 0.3) is 0 Å². The predicted molar refractivity (Wildman–Crippen MR) is 200 cm³/mol. The Hall–Kier alpha value is -5.44. The van der Waals surface area contributed by atoms with E-state index >= 15 is 0 Å². The average molecular weight is 759 g/mol. The maximum Gasteiger partial charge on any atom is 0.246 e. The van der Waals surface area contributed by atoms with Crippen molar-refractivity contribution in [2.75, 3.05) is 28.3 Å². The number of nitrogens with zero attached hydrogens (tertiary/aromatic N) is 3. The summed E-state index contributed by atoms with van der Waals surface area (Å²) in [5.41, 5.74) is 3.06. The summed E-state index contributed by atoms with van der Waals surface area (Å²) in [7, 11) is 5.96. The summed E-state index contributed by atoms with van der Waals surface area (Å²) < 4.78 is 11.5. The minimum Gasteiger partial charge on any atom is -0.497 e. The minimum atomic E-state index is -1.13. The predicted octanol–water partition coefficient (Wildman–Crippen LogP) is 0.428. The number of aliphatic hydroxyl groups is 1. The monoisotopic (exact) mass is 758 g/mol. The molecule has 9 atom stereocenters. The van der Waals surface area contributed by atoms with Crippen molar-refractivity contribution >= 4 is 35.4 Å². The summed E-state index contributed by atoms with van der Waals surface area (Å²) in [4.78, 5) is 88.3. The van der Waals surface area contributed by atoms with Gasteiger partial charge in [0, 0.05) is 45.5 Å². The molecule has 15 heteroatoms. The van der Waals surface area contributed by atoms with Gasteiger partial charge in [-0.1, -0.05) is 35.9 Å². The Kier molecular flexibility index (Phi) is 11.2. The third kappa shape index (κ3) is 7.75. The summed E-state index contributed by atoms with van der Waals surface area (Å²) in [5.74, 6) is -2.71. The van der Waals surface area contributed by atoms with E-state index in [0.717, 1.165) is 16.7 Å². The quantitative estimate of drug-likeness (QED) is 0.322. The van der Waals surface area contributed by atoms with E-state index in [2.05, 4.69) is 16.0 Å². The van der Waals surface area contributed by atoms with Crippen molar-refractivity contribution in [2.24, 2.45) is 0 Å². The molecule has 294 valence electrons. The second kappa shape index (κ2) is 15.7. The molecule has 4 bridgehead atoms. The third-order valence-corrected chi connectivity index (χ3v) is 11.4. The SMILES string of the molecule is COc1ccc(C[C@H]2C(=O)N[C@@H](C)C(=O)N(C)[C@H]3Cc4ccc5c(c4)[C@H]4C(=CC[C@@H](O)[C@H]4O5)CC(C(=O)N[C@H](C)C(=O)N[C@@H](C)C(=O)N2C)N(C)C3=O)cc1. The smallest absolute Gasteiger partial charge is 0.246 e. The first kappa shape index (κ1) is 39.3. The van der Waals surface area contributed by atoms with Crippen LogP contribution in [0.15, 0.2) is 54.1 Å². The van der Waals surface area contributed by atoms with Crippen molar-refractivity contribution in [2.45, 2.75) is 101 Å². The lowest BCUT2D eigenvalue weighted by Crippen LogP contribution is -2.61. The third-order valence-electron chi connectivity index (χ3n) is 11.4. The van der Waals surface area contributed by atoms with Gasteiger partial charge in [0.05, 0.1) is 13.2 Å². The molecule has 55 heavy (non-hydrogen) atoms. The molecule has 3 aliphatic heterocycles. The number of methoxy groups -OCH3 is 1. The van der Waals surface area contributed by atoms with Gasteiger partial charge in [-0.3, -0.25) is 28.8 Å². The van der Waals surface area contributed by atoms with E-state index in [-0.39, 0.29) is 31.6 Å². The lowest BCUT2D eigenvalue weighted by Gasteiger charge is -2.37. The molecule has 1 saturated heterocycles. The van der Waals surface area contributed by atoms with Gasteiger partial charge in [-0.15, -0.1) is 0 Å². The van der Waals surface area contributed by atoms with Gasteiger partial charge in [-0.05, 0) is 62.9 Å². The van der Waals surface area contributed by atoms with E-state index in [4.69, 9.17) is 9.47 Å². The summed E-state index contributed by atoms with van der Waals surface area (Å²) in [6, 6.07) is 5.85. The van der Waals surface area contributed by atoms with Crippen LogP contribution >= 0.6 is 0 Å². The van der Waals surface area contributed by atoms with Gasteiger partial charge in [-0.25, -0.2) is 0 Å². The highest BCUT2D eigenvalue weighted by Crippen LogP contribution is 2.48. The van der Waals surface area contributed by atoms with E-state index in [9.17, 15) is 33.9 Å². The average Bonchev–Trinajstić information content (AvgIpc) is 3.56. The number of nitrogens with one attached hydrogen (secondary N) is 3. The molecule has 2 aromatic rings. The maximum atomic E-state index is 14.6. The number of carbonyl (C=O) groups excluding carboxylic acids is 6. The van der Waals surface area contributed by atoms with Gasteiger partial charge in [0.25, 0.3) is 0 Å². The summed E-state index contributed by atoms with van der Waals surface area (Å²) in [6.45, 7) is 4.47. The first-order valence-electron chi connectivity index (χ1n) is 18.6. The van der Waals surface area contributed by atoms with Crippen molar-refractivity contribution in [3.8, 4) is 11.5 Å². The molecule has 4 N–H and O–H groups in total. The lowest BCUT2D eigenvalue weighted by atomic mass is 9.77. The highest BCUT2D eigenvalue weighted by atomic mass is 16.5. The Morgan fingerprint density at radius 3 is 2.04 bits per heavy atom. The first-order chi connectivity index (χ1) is 26.1. The molecule has 15 nitrogen and oxygen atoms in total. The van der Waals surface area contributed by atoms with Crippen LogP contribution in [0, 0.1) is 0 Å². The number of hydrogen-bond donors (Lipinski definition) is 4. The molecule has 1 fully saturated rings. The van der Waals surface area contributed by atoms with Gasteiger partial charge < -0.3 is 45.2 Å². The number of hydrogen-bond acceptors (Lipinski definition) is 9. The van der Waals surface area contributed by atoms with E-state index in [0.29, 0.717) is 17.1 Å². The molecule has 4 aliphatic rings. The summed E-state index contributed by atoms with van der Waals surface area (Å²) in [5, 5.41) is 19.1. The molecule has 1 aliphatic carbocycles. The molecular weight excluding hydrogens is 708 g/mol. The van der Waals surface area contributed by atoms with E-state index < -0.39 is 83.9 Å². The second-order valence-electron chi connectivity index (χ2n) is 15.1. The zero-order valence-corrected chi connectivity index (χ0v) is 32.2. The molecule has 1 unspecified atom stereocenters. The van der Waals surface area contributed by atoms with Crippen molar-refractivity contribution in [1.29, 1.82) is 0 Å². The number of amides is 6. The molecule has 0 saturated carbocycles. The van der Waals surface area contributed by atoms with Crippen molar-refractivity contribution in [3.63, 3.8) is 0 Å². The van der Waals surface area contributed by atoms with E-state index in [1.165, 1.54) is 63.7 Å². The van der Waals surface area contributed by atoms with Crippen LogP contribution in [0.3, 0.4) is 0 Å². The Balaban J connectivity index is 1.40. The van der Waals surface area contributed by atoms with Crippen molar-refractivity contribution in [1.82, 2.24) is 30.7 Å². The molecule has 0 aromatic heterocycles. The molecule has 3 heterocycles. The topological polar surface area (TPSA) is 187 Å². The van der Waals surface area contributed by atoms with Crippen LogP contribution in [0.4, 0.5) is 0 Å². The highest BCUT2D eigenvalue weighted by molar-refractivity contribution is 5.98. The fourth-order valence-corrected chi connectivity index (χ4v) is 8.01. The summed E-state index contributed by atoms with van der Waals surface area (Å²) >= 11 is 0. The Morgan fingerprint density at radius 2 is 1.36 bits per heavy atom. The number of rotatable bonds is 3. The Labute approximate surface area is 320 Å². The van der Waals surface area contributed by atoms with Crippen LogP contribution < -0.4 is 25.4 Å². The number of fused-ring (bicyclic) bond motifs is 4. The van der Waals surface area contributed by atoms with Crippen LogP contribution in [-0.4, -0.2) is 132 Å². The molecule has 6 amide bonds. The zero-order valence-electron chi connectivity index (χ0n) is 32.2. The minimum absolute atomic E-state index is 0.0649. The Morgan fingerprint density at radius 1 is 0.745 bits per heavy atom. The lowest BCUT2D eigenvalue weighted by molar-refractivity contribution is -0.149. The number of carbonyl (C=O) groups is 6. The zero-order chi connectivity index (χ0) is 39.9. The standard InChI is InChI=1S/C40H50N6O9/c1-20-35(48)42-21(2)38(51)44(4)28(17-23-8-12-26(54-7)13-9-23)36(49)43-22(3)39(52)46(6)30-18-24-10-15-32-27(16-24)33-25(11-14-31(47)34(33)55-32)19-29(37(50)41-20)45(5)40(30)53/h8-13,15-16,20-22,28-31,33-34,47H,14,17-19H2,1-7H3,(H,41,50)(H,42,48)(H,43,49)/t20-,21+,22+,28+,29?,30+,31-,33-,34-/m1/s1. The van der Waals surface area contributed by atoms with Gasteiger partial charge in [0.15, 0.2) is 0 Å². The van der Waals surface area contributed by atoms with Crippen LogP contribution in [0.1, 0.15) is 56.2 Å². The van der Waals surface area contributed by atoms with Crippen LogP contribution in [-0.2, 0) is 41.6 Å². The molecule has 2 aromatic carbocycles. The van der Waals surface area contributed by atoms with E-state index in [1.807, 2.05) is 18.2 Å². The molecule has 0 spiro atoms. The normalized spacial score (nSPS) is 30.7. The van der Waals surface area contributed by atoms with Gasteiger partial charge >= 0.3 is 0 Å². The number of benzene rings is 2. The maximum absolute atomic E-state index is 14.6. The largest absolute Gasteiger partial charge is 0.497 e. The summed E-state index contributed by atoms with van der Waals surface area (Å²) in [6.07, 6.45) is 0.992. The van der Waals surface area contributed by atoms with Gasteiger partial charge in [0.1, 0.15) is 53.9 Å². The highest BCUT2D eigenvalue weighted by Gasteiger charge is 2.46. The van der Waals surface area contributed by atoms with Crippen LogP contribution in [0.2, 0.25) is 0 Å². The molecule has 6 rings (SSSR count). The van der Waals surface area contributed by atoms with E-state index in [1.54, 1.807) is 30.3 Å². The van der Waals surface area contributed by atoms with Crippen molar-refractivity contribution < 1.29 is 43.3 Å². The first-order valence-corrected chi connectivity index (χ1v) is 18.6. The van der Waals surface area contributed by atoms with Gasteiger partial charge in [-0.2, -0.15) is 0 Å². The fraction of sp³-hybridized carbons (Fsp3) is 0.500. The Bertz CT molecular complexity index is 1900. The number of aliphatic hydroxyl groups excluding tert-OH is 1. The van der Waals surface area contributed by atoms with Crippen LogP contribution in [0.5, 0.6) is 11.5 Å².